The Kier molecular flexibility index (Phi) is 23.7. The molecule has 6 atom stereocenters. The summed E-state index contributed by atoms with van der Waals surface area (Å²) < 4.78 is 22.1. The van der Waals surface area contributed by atoms with Gasteiger partial charge in [0.25, 0.3) is 0 Å². The minimum atomic E-state index is -0.399. The zero-order valence-electron chi connectivity index (χ0n) is 62.3. The van der Waals surface area contributed by atoms with E-state index < -0.39 is 18.1 Å². The number of amides is 3. The van der Waals surface area contributed by atoms with E-state index in [1.165, 1.54) is 0 Å². The van der Waals surface area contributed by atoms with Crippen molar-refractivity contribution in [3.63, 3.8) is 0 Å². The van der Waals surface area contributed by atoms with Crippen LogP contribution in [0.5, 0.6) is 0 Å². The number of imidazole rings is 3. The van der Waals surface area contributed by atoms with Gasteiger partial charge in [-0.25, -0.2) is 29.3 Å². The molecule has 3 aromatic carbocycles. The number of fused-ring (bicyclic) bond motifs is 6. The molecule has 9 aromatic rings. The Balaban J connectivity index is 0.000000143. The fourth-order valence-electron chi connectivity index (χ4n) is 15.2. The second-order valence-electron chi connectivity index (χ2n) is 28.7. The number of hydrogen-bond acceptors (Lipinski definition) is 18. The number of nitrogens with zero attached hydrogens (tertiary/aromatic N) is 15. The van der Waals surface area contributed by atoms with E-state index in [2.05, 4.69) is 84.3 Å². The van der Waals surface area contributed by atoms with Gasteiger partial charge < -0.3 is 59.8 Å². The van der Waals surface area contributed by atoms with E-state index in [9.17, 15) is 14.4 Å². The third-order valence-corrected chi connectivity index (χ3v) is 21.2. The number of carbonyl (C=O) groups excluding carboxylic acids is 3. The molecule has 3 amide bonds. The van der Waals surface area contributed by atoms with Crippen molar-refractivity contribution in [2.45, 2.75) is 96.1 Å². The maximum absolute atomic E-state index is 12.5. The van der Waals surface area contributed by atoms with Gasteiger partial charge in [-0.05, 0) is 181 Å². The summed E-state index contributed by atoms with van der Waals surface area (Å²) in [7, 11) is 5.83. The molecule has 27 heteroatoms. The van der Waals surface area contributed by atoms with Crippen LogP contribution in [0, 0.1) is 0 Å². The standard InChI is InChI=1S/3C27H31ClN6O2/c3*1-17(2)36-27(35)34-11-9-33(10-12-34)26-20-7-6-19(28)14-21(20)22(13-18-5-4-8-31-25(18)26)24(29)23-15-30-16-32(23)3/h3*4-8,13-17,24,26H,9-12,29H2,1-3H3/t2*24-,26?;/m10./s1. The van der Waals surface area contributed by atoms with Crippen molar-refractivity contribution in [3.05, 3.63) is 246 Å². The van der Waals surface area contributed by atoms with Crippen LogP contribution in [0.2, 0.25) is 15.1 Å². The van der Waals surface area contributed by atoms with Gasteiger partial charge in [-0.1, -0.05) is 71.2 Å². The molecule has 564 valence electrons. The van der Waals surface area contributed by atoms with Crippen molar-refractivity contribution in [2.75, 3.05) is 78.5 Å². The molecule has 3 saturated heterocycles. The topological polar surface area (TPSA) is 269 Å². The molecule has 0 spiro atoms. The largest absolute Gasteiger partial charge is 0.447 e. The minimum Gasteiger partial charge on any atom is -0.447 e. The van der Waals surface area contributed by atoms with Gasteiger partial charge in [0.05, 0.1) is 126 Å². The molecule has 4 unspecified atom stereocenters. The number of hydrogen-bond donors (Lipinski definition) is 3. The Morgan fingerprint density at radius 1 is 0.398 bits per heavy atom. The number of pyridine rings is 3. The highest BCUT2D eigenvalue weighted by molar-refractivity contribution is 6.31. The van der Waals surface area contributed by atoms with Gasteiger partial charge in [0, 0.05) is 133 Å². The summed E-state index contributed by atoms with van der Waals surface area (Å²) in [6, 6.07) is 28.5. The number of nitrogens with two attached hydrogens (primary N) is 3. The number of aromatic nitrogens is 9. The van der Waals surface area contributed by atoms with Gasteiger partial charge in [0.2, 0.25) is 0 Å². The number of piperazine rings is 3. The van der Waals surface area contributed by atoms with Gasteiger partial charge in [-0.2, -0.15) is 0 Å². The van der Waals surface area contributed by atoms with E-state index in [4.69, 9.17) is 81.2 Å². The summed E-state index contributed by atoms with van der Waals surface area (Å²) in [5.41, 5.74) is 38.4. The van der Waals surface area contributed by atoms with Crippen molar-refractivity contribution >= 4 is 88.0 Å². The van der Waals surface area contributed by atoms with E-state index in [1.807, 2.05) is 150 Å². The van der Waals surface area contributed by atoms with Crippen LogP contribution in [0.1, 0.15) is 162 Å². The zero-order valence-corrected chi connectivity index (χ0v) is 64.6. The Labute approximate surface area is 645 Å². The number of ether oxygens (including phenoxy) is 3. The Bertz CT molecular complexity index is 4360. The van der Waals surface area contributed by atoms with Gasteiger partial charge in [-0.15, -0.1) is 0 Å². The SMILES string of the molecule is CC(C)OC(=O)N1CCN(C2c3ccc(Cl)cc3C(C(N)c3cncn3C)=Cc3cccnc32)CC1.CC(C)OC(=O)N1CCN(C2c3ccc(Cl)cc3C([C@@H](N)c3cncn3C)=Cc3cccnc32)CC1.CC(C)OC(=O)N1CCN(C2c3ccc(Cl)cc3C([C@H](N)c3cncn3C)=Cc3cccnc32)CC1. The van der Waals surface area contributed by atoms with Gasteiger partial charge in [0.1, 0.15) is 0 Å². The second kappa shape index (κ2) is 33.5. The van der Waals surface area contributed by atoms with E-state index >= 15 is 0 Å². The molecule has 24 nitrogen and oxygen atoms in total. The van der Waals surface area contributed by atoms with Crippen LogP contribution in [0.4, 0.5) is 14.4 Å². The quantitative estimate of drug-likeness (QED) is 0.0959. The molecule has 0 radical (unpaired) electrons. The van der Waals surface area contributed by atoms with E-state index in [0.717, 1.165) is 101 Å². The first-order chi connectivity index (χ1) is 52.0. The average molecular weight is 1520 g/mol. The third-order valence-electron chi connectivity index (χ3n) is 20.5. The molecule has 108 heavy (non-hydrogen) atoms. The highest BCUT2D eigenvalue weighted by Gasteiger charge is 2.40. The summed E-state index contributed by atoms with van der Waals surface area (Å²) in [6.45, 7) is 18.9. The number of rotatable bonds is 12. The number of halogens is 3. The highest BCUT2D eigenvalue weighted by Crippen LogP contribution is 2.48. The van der Waals surface area contributed by atoms with Crippen molar-refractivity contribution < 1.29 is 28.6 Å². The lowest BCUT2D eigenvalue weighted by molar-refractivity contribution is 0.0506. The molecule has 6 aliphatic rings. The molecular formula is C81H93Cl3N18O6. The van der Waals surface area contributed by atoms with Crippen LogP contribution in [-0.2, 0) is 35.4 Å². The van der Waals surface area contributed by atoms with Crippen LogP contribution in [0.3, 0.4) is 0 Å². The third kappa shape index (κ3) is 16.5. The maximum Gasteiger partial charge on any atom is 0.410 e. The number of aryl methyl sites for hydroxylation is 3. The molecule has 6 aromatic heterocycles. The molecule has 3 aliphatic heterocycles. The Hall–Kier alpha value is -9.60. The van der Waals surface area contributed by atoms with Crippen molar-refractivity contribution in [1.82, 2.24) is 73.0 Å². The summed E-state index contributed by atoms with van der Waals surface area (Å²) >= 11 is 19.6. The average Bonchev–Trinajstić information content (AvgIpc) is 1.60. The lowest BCUT2D eigenvalue weighted by Crippen LogP contribution is -2.50. The van der Waals surface area contributed by atoms with E-state index in [-0.39, 0.29) is 54.7 Å². The smallest absolute Gasteiger partial charge is 0.410 e. The number of benzene rings is 3. The van der Waals surface area contributed by atoms with Crippen LogP contribution in [0.25, 0.3) is 34.9 Å². The minimum absolute atomic E-state index is 0.107. The molecule has 15 rings (SSSR count). The fourth-order valence-corrected chi connectivity index (χ4v) is 15.8. The predicted molar refractivity (Wildman–Crippen MR) is 421 cm³/mol. The lowest BCUT2D eigenvalue weighted by atomic mass is 9.90. The summed E-state index contributed by atoms with van der Waals surface area (Å²) in [6.07, 6.45) is 21.4. The predicted octanol–water partition coefficient (Wildman–Crippen LogP) is 12.8. The van der Waals surface area contributed by atoms with Gasteiger partial charge in [-0.3, -0.25) is 29.7 Å². The second-order valence-corrected chi connectivity index (χ2v) is 30.0. The van der Waals surface area contributed by atoms with Crippen molar-refractivity contribution in [2.24, 2.45) is 38.3 Å². The molecule has 0 saturated carbocycles. The first-order valence-electron chi connectivity index (χ1n) is 36.6. The van der Waals surface area contributed by atoms with E-state index in [0.29, 0.717) is 93.6 Å². The van der Waals surface area contributed by atoms with Crippen LogP contribution in [0.15, 0.2) is 147 Å². The summed E-state index contributed by atoms with van der Waals surface area (Å²) in [5, 5.41) is 1.95. The summed E-state index contributed by atoms with van der Waals surface area (Å²) in [4.78, 5) is 77.2. The first kappa shape index (κ1) is 76.6. The fraction of sp³-hybridized carbons (Fsp3) is 0.370. The van der Waals surface area contributed by atoms with Crippen molar-refractivity contribution in [1.29, 1.82) is 0 Å². The monoisotopic (exact) mass is 1520 g/mol. The lowest BCUT2D eigenvalue weighted by Gasteiger charge is -2.39. The normalized spacial score (nSPS) is 18.8. The van der Waals surface area contributed by atoms with Crippen LogP contribution >= 0.6 is 34.8 Å². The van der Waals surface area contributed by atoms with E-state index in [1.54, 1.807) is 52.3 Å². The Morgan fingerprint density at radius 3 is 0.889 bits per heavy atom. The first-order valence-corrected chi connectivity index (χ1v) is 37.8. The molecular weight excluding hydrogens is 1430 g/mol. The van der Waals surface area contributed by atoms with Gasteiger partial charge in [0.15, 0.2) is 0 Å². The maximum atomic E-state index is 12.5. The van der Waals surface area contributed by atoms with Gasteiger partial charge >= 0.3 is 18.3 Å². The zero-order chi connectivity index (χ0) is 76.2. The molecule has 6 N–H and O–H groups in total. The molecule has 0 bridgehead atoms. The molecule has 9 heterocycles. The molecule has 3 fully saturated rings. The van der Waals surface area contributed by atoms with Crippen molar-refractivity contribution in [3.8, 4) is 0 Å². The summed E-state index contributed by atoms with van der Waals surface area (Å²) in [5.74, 6) is 0. The molecule has 3 aliphatic carbocycles. The number of carbonyl (C=O) groups is 3. The highest BCUT2D eigenvalue weighted by atomic mass is 35.5. The van der Waals surface area contributed by atoms with Crippen LogP contribution < -0.4 is 17.2 Å². The Morgan fingerprint density at radius 2 is 0.657 bits per heavy atom. The van der Waals surface area contributed by atoms with Crippen LogP contribution in [-0.4, -0.2) is 188 Å².